The molecule has 6 rings (SSSR count). The van der Waals surface area contributed by atoms with E-state index in [1.54, 1.807) is 72.8 Å². The minimum absolute atomic E-state index is 0.0613. The summed E-state index contributed by atoms with van der Waals surface area (Å²) in [6.45, 7) is 2.39. The van der Waals surface area contributed by atoms with Crippen LogP contribution in [0.4, 0.5) is 11.4 Å². The molecule has 3 amide bonds. The van der Waals surface area contributed by atoms with Gasteiger partial charge in [-0.15, -0.1) is 11.8 Å². The summed E-state index contributed by atoms with van der Waals surface area (Å²) in [6, 6.07) is 49.6. The number of amides is 3. The van der Waals surface area contributed by atoms with Crippen molar-refractivity contribution in [1.82, 2.24) is 5.32 Å². The van der Waals surface area contributed by atoms with Gasteiger partial charge in [0.15, 0.2) is 0 Å². The standard InChI is InChI=1S/C47H41N3O5S/c1-2-3-30-55-47(54)38-26-28-39(29-27-38)48-46(53)43(36-16-9-5-10-17-36)56-41-21-13-20-40(32-41)49-45(52)42(50-44(51)37-18-11-6-12-19-37)31-33-22-24-35(25-23-33)34-14-7-4-8-15-34/h4-29,31-32,43H,2-3,30H2,1H3,(H,48,53)(H,49,52)(H,50,51)/b42-31+. The van der Waals surface area contributed by atoms with Crippen LogP contribution in [0.25, 0.3) is 17.2 Å². The van der Waals surface area contributed by atoms with E-state index in [0.717, 1.165) is 40.0 Å². The molecule has 0 saturated carbocycles. The number of carbonyl (C=O) groups excluding carboxylic acids is 4. The lowest BCUT2D eigenvalue weighted by Crippen LogP contribution is -2.30. The Morgan fingerprint density at radius 3 is 1.96 bits per heavy atom. The SMILES string of the molecule is CCCCOC(=O)c1ccc(NC(=O)C(Sc2cccc(NC(=O)/C(=C\c3ccc(-c4ccccc4)cc3)NC(=O)c3ccccc3)c2)c2ccccc2)cc1. The summed E-state index contributed by atoms with van der Waals surface area (Å²) in [4.78, 5) is 54.0. The topological polar surface area (TPSA) is 114 Å². The van der Waals surface area contributed by atoms with Crippen molar-refractivity contribution >= 4 is 52.9 Å². The van der Waals surface area contributed by atoms with Gasteiger partial charge in [-0.3, -0.25) is 14.4 Å². The van der Waals surface area contributed by atoms with Crippen molar-refractivity contribution in [2.24, 2.45) is 0 Å². The lowest BCUT2D eigenvalue weighted by Gasteiger charge is -2.18. The fraction of sp³-hybridized carbons (Fsp3) is 0.106. The Hall–Kier alpha value is -6.71. The number of anilines is 2. The number of unbranched alkanes of at least 4 members (excludes halogenated alkanes) is 1. The second-order valence-electron chi connectivity index (χ2n) is 12.8. The van der Waals surface area contributed by atoms with Crippen molar-refractivity contribution in [3.05, 3.63) is 192 Å². The molecule has 9 heteroatoms. The third-order valence-corrected chi connectivity index (χ3v) is 9.91. The minimum Gasteiger partial charge on any atom is -0.462 e. The van der Waals surface area contributed by atoms with Crippen molar-refractivity contribution in [3.63, 3.8) is 0 Å². The second kappa shape index (κ2) is 19.6. The average molecular weight is 760 g/mol. The molecule has 1 atom stereocenters. The predicted molar refractivity (Wildman–Crippen MR) is 224 cm³/mol. The molecular formula is C47H41N3O5S. The largest absolute Gasteiger partial charge is 0.462 e. The van der Waals surface area contributed by atoms with E-state index in [4.69, 9.17) is 4.74 Å². The molecule has 0 saturated heterocycles. The van der Waals surface area contributed by atoms with E-state index in [0.29, 0.717) is 29.1 Å². The van der Waals surface area contributed by atoms with Gasteiger partial charge in [-0.1, -0.05) is 123 Å². The number of carbonyl (C=O) groups is 4. The molecule has 0 aromatic heterocycles. The number of ether oxygens (including phenoxy) is 1. The smallest absolute Gasteiger partial charge is 0.338 e. The predicted octanol–water partition coefficient (Wildman–Crippen LogP) is 10.2. The Labute approximate surface area is 331 Å². The molecule has 0 aliphatic rings. The van der Waals surface area contributed by atoms with Crippen molar-refractivity contribution in [1.29, 1.82) is 0 Å². The van der Waals surface area contributed by atoms with Gasteiger partial charge in [-0.2, -0.15) is 0 Å². The maximum absolute atomic E-state index is 13.9. The molecule has 3 N–H and O–H groups in total. The summed E-state index contributed by atoms with van der Waals surface area (Å²) in [5.74, 6) is -1.60. The van der Waals surface area contributed by atoms with Gasteiger partial charge in [-0.25, -0.2) is 4.79 Å². The van der Waals surface area contributed by atoms with Crippen LogP contribution < -0.4 is 16.0 Å². The maximum Gasteiger partial charge on any atom is 0.338 e. The van der Waals surface area contributed by atoms with Crippen LogP contribution >= 0.6 is 11.8 Å². The summed E-state index contributed by atoms with van der Waals surface area (Å²) in [7, 11) is 0. The Morgan fingerprint density at radius 1 is 0.643 bits per heavy atom. The highest BCUT2D eigenvalue weighted by Gasteiger charge is 2.23. The van der Waals surface area contributed by atoms with E-state index in [-0.39, 0.29) is 11.6 Å². The average Bonchev–Trinajstić information content (AvgIpc) is 3.24. The number of esters is 1. The molecule has 0 spiro atoms. The highest BCUT2D eigenvalue weighted by Crippen LogP contribution is 2.37. The Morgan fingerprint density at radius 2 is 1.29 bits per heavy atom. The zero-order chi connectivity index (χ0) is 39.1. The molecule has 0 radical (unpaired) electrons. The minimum atomic E-state index is -0.652. The van der Waals surface area contributed by atoms with Gasteiger partial charge in [0.1, 0.15) is 10.9 Å². The first kappa shape index (κ1) is 39.0. The Balaban J connectivity index is 1.19. The summed E-state index contributed by atoms with van der Waals surface area (Å²) < 4.78 is 5.30. The highest BCUT2D eigenvalue weighted by molar-refractivity contribution is 8.00. The lowest BCUT2D eigenvalue weighted by atomic mass is 10.0. The van der Waals surface area contributed by atoms with Crippen LogP contribution in [-0.4, -0.2) is 30.3 Å². The molecule has 8 nitrogen and oxygen atoms in total. The fourth-order valence-corrected chi connectivity index (χ4v) is 6.77. The van der Waals surface area contributed by atoms with Gasteiger partial charge in [0.05, 0.1) is 12.2 Å². The van der Waals surface area contributed by atoms with E-state index >= 15 is 0 Å². The highest BCUT2D eigenvalue weighted by atomic mass is 32.2. The quantitative estimate of drug-likeness (QED) is 0.0416. The first-order valence-corrected chi connectivity index (χ1v) is 19.2. The monoisotopic (exact) mass is 759 g/mol. The molecular weight excluding hydrogens is 719 g/mol. The molecule has 0 aliphatic carbocycles. The van der Waals surface area contributed by atoms with Gasteiger partial charge in [0.2, 0.25) is 5.91 Å². The molecule has 6 aromatic carbocycles. The maximum atomic E-state index is 13.9. The molecule has 0 bridgehead atoms. The van der Waals surface area contributed by atoms with Gasteiger partial charge >= 0.3 is 5.97 Å². The normalized spacial score (nSPS) is 11.6. The summed E-state index contributed by atoms with van der Waals surface area (Å²) in [5, 5.41) is 8.06. The summed E-state index contributed by atoms with van der Waals surface area (Å²) >= 11 is 1.33. The van der Waals surface area contributed by atoms with E-state index in [2.05, 4.69) is 16.0 Å². The number of hydrogen-bond donors (Lipinski definition) is 3. The lowest BCUT2D eigenvalue weighted by molar-refractivity contribution is -0.116. The summed E-state index contributed by atoms with van der Waals surface area (Å²) in [6.07, 6.45) is 3.36. The van der Waals surface area contributed by atoms with Crippen LogP contribution in [0.2, 0.25) is 0 Å². The van der Waals surface area contributed by atoms with E-state index < -0.39 is 23.0 Å². The Kier molecular flexibility index (Phi) is 13.6. The molecule has 280 valence electrons. The van der Waals surface area contributed by atoms with Crippen LogP contribution in [0.1, 0.15) is 56.9 Å². The van der Waals surface area contributed by atoms with E-state index in [9.17, 15) is 19.2 Å². The van der Waals surface area contributed by atoms with Crippen molar-refractivity contribution in [2.75, 3.05) is 17.2 Å². The number of nitrogens with one attached hydrogen (secondary N) is 3. The fourth-order valence-electron chi connectivity index (χ4n) is 5.68. The van der Waals surface area contributed by atoms with Crippen molar-refractivity contribution in [3.8, 4) is 11.1 Å². The molecule has 0 fully saturated rings. The van der Waals surface area contributed by atoms with Crippen LogP contribution in [0.15, 0.2) is 174 Å². The molecule has 6 aromatic rings. The van der Waals surface area contributed by atoms with E-state index in [1.165, 1.54) is 11.8 Å². The molecule has 0 aliphatic heterocycles. The van der Waals surface area contributed by atoms with Gasteiger partial charge in [-0.05, 0) is 89.3 Å². The van der Waals surface area contributed by atoms with Crippen molar-refractivity contribution in [2.45, 2.75) is 29.9 Å². The first-order valence-electron chi connectivity index (χ1n) is 18.3. The van der Waals surface area contributed by atoms with Crippen LogP contribution in [0, 0.1) is 0 Å². The third kappa shape index (κ3) is 10.9. The zero-order valence-electron chi connectivity index (χ0n) is 30.8. The van der Waals surface area contributed by atoms with Gasteiger partial charge < -0.3 is 20.7 Å². The number of hydrogen-bond acceptors (Lipinski definition) is 6. The number of benzene rings is 6. The zero-order valence-corrected chi connectivity index (χ0v) is 31.6. The van der Waals surface area contributed by atoms with Crippen LogP contribution in [0.5, 0.6) is 0 Å². The van der Waals surface area contributed by atoms with Gasteiger partial charge in [0.25, 0.3) is 11.8 Å². The van der Waals surface area contributed by atoms with Crippen molar-refractivity contribution < 1.29 is 23.9 Å². The van der Waals surface area contributed by atoms with Crippen LogP contribution in [0.3, 0.4) is 0 Å². The Bertz CT molecular complexity index is 2280. The molecule has 0 heterocycles. The molecule has 56 heavy (non-hydrogen) atoms. The number of thioether (sulfide) groups is 1. The first-order chi connectivity index (χ1) is 27.4. The van der Waals surface area contributed by atoms with Gasteiger partial charge in [0, 0.05) is 21.8 Å². The second-order valence-corrected chi connectivity index (χ2v) is 14.0. The number of rotatable bonds is 15. The van der Waals surface area contributed by atoms with Crippen LogP contribution in [-0.2, 0) is 14.3 Å². The molecule has 1 unspecified atom stereocenters. The summed E-state index contributed by atoms with van der Waals surface area (Å²) in [5.41, 5.74) is 5.50. The van der Waals surface area contributed by atoms with E-state index in [1.807, 2.05) is 104 Å². The third-order valence-electron chi connectivity index (χ3n) is 8.66.